The highest BCUT2D eigenvalue weighted by Crippen LogP contribution is 2.28. The third-order valence-corrected chi connectivity index (χ3v) is 3.98. The van der Waals surface area contributed by atoms with Gasteiger partial charge < -0.3 is 4.98 Å². The Balaban J connectivity index is 1.67. The number of hydrogen-bond donors (Lipinski definition) is 3. The first-order valence-electron chi connectivity index (χ1n) is 7.80. The molecular formula is C18H14FN5O. The number of nitrogens with one attached hydrogen (secondary N) is 2. The van der Waals surface area contributed by atoms with Crippen LogP contribution in [-0.4, -0.2) is 26.0 Å². The molecule has 0 amide bonds. The van der Waals surface area contributed by atoms with E-state index in [1.165, 1.54) is 30.7 Å². The maximum absolute atomic E-state index is 13.9. The Hall–Kier alpha value is -3.24. The number of H-pyrrole nitrogens is 1. The molecule has 1 aromatic carbocycles. The van der Waals surface area contributed by atoms with Gasteiger partial charge in [-0.25, -0.2) is 19.4 Å². The lowest BCUT2D eigenvalue weighted by Gasteiger charge is -2.18. The van der Waals surface area contributed by atoms with Crippen molar-refractivity contribution in [2.24, 2.45) is 5.92 Å². The zero-order chi connectivity index (χ0) is 17.4. The molecule has 2 aromatic heterocycles. The lowest BCUT2D eigenvalue weighted by molar-refractivity contribution is 0.312. The van der Waals surface area contributed by atoms with E-state index in [1.54, 1.807) is 6.07 Å². The summed E-state index contributed by atoms with van der Waals surface area (Å²) >= 11 is 0. The summed E-state index contributed by atoms with van der Waals surface area (Å²) in [6, 6.07) is 5.67. The van der Waals surface area contributed by atoms with E-state index < -0.39 is 5.82 Å². The van der Waals surface area contributed by atoms with Crippen LogP contribution in [0.15, 0.2) is 36.8 Å². The summed E-state index contributed by atoms with van der Waals surface area (Å²) < 4.78 is 13.9. The second-order valence-electron chi connectivity index (χ2n) is 5.83. The molecule has 4 rings (SSSR count). The molecule has 0 saturated heterocycles. The highest BCUT2D eigenvalue weighted by Gasteiger charge is 2.19. The summed E-state index contributed by atoms with van der Waals surface area (Å²) in [5.41, 5.74) is 1.89. The van der Waals surface area contributed by atoms with E-state index >= 15 is 0 Å². The number of hydroxylamine groups is 1. The maximum atomic E-state index is 13.9. The second-order valence-corrected chi connectivity index (χ2v) is 5.83. The molecule has 0 aliphatic heterocycles. The number of fused-ring (bicyclic) bond motifs is 1. The van der Waals surface area contributed by atoms with Gasteiger partial charge in [0, 0.05) is 17.7 Å². The third-order valence-electron chi connectivity index (χ3n) is 3.98. The van der Waals surface area contributed by atoms with Gasteiger partial charge in [0.2, 0.25) is 0 Å². The van der Waals surface area contributed by atoms with E-state index in [-0.39, 0.29) is 17.1 Å². The summed E-state index contributed by atoms with van der Waals surface area (Å²) in [4.78, 5) is 11.0. The first-order valence-corrected chi connectivity index (χ1v) is 7.80. The van der Waals surface area contributed by atoms with E-state index in [0.717, 1.165) is 12.8 Å². The topological polar surface area (TPSA) is 88.9 Å². The molecule has 1 aliphatic carbocycles. The molecule has 3 aromatic rings. The fraction of sp³-hybridized carbons (Fsp3) is 0.167. The summed E-state index contributed by atoms with van der Waals surface area (Å²) in [5.74, 6) is 5.53. The Kier molecular flexibility index (Phi) is 3.67. The molecule has 0 radical (unpaired) electrons. The molecule has 1 aliphatic rings. The summed E-state index contributed by atoms with van der Waals surface area (Å²) in [6.45, 7) is 0. The second kappa shape index (κ2) is 6.00. The summed E-state index contributed by atoms with van der Waals surface area (Å²) in [6.07, 6.45) is 5.08. The van der Waals surface area contributed by atoms with E-state index in [2.05, 4.69) is 26.8 Å². The molecule has 3 N–H and O–H groups in total. The van der Waals surface area contributed by atoms with E-state index in [4.69, 9.17) is 5.41 Å². The van der Waals surface area contributed by atoms with Crippen molar-refractivity contribution in [2.75, 3.05) is 5.06 Å². The van der Waals surface area contributed by atoms with E-state index in [9.17, 15) is 9.60 Å². The van der Waals surface area contributed by atoms with Crippen LogP contribution in [-0.2, 0) is 0 Å². The molecule has 25 heavy (non-hydrogen) atoms. The van der Waals surface area contributed by atoms with Crippen LogP contribution in [0.25, 0.3) is 11.2 Å². The molecule has 124 valence electrons. The van der Waals surface area contributed by atoms with Crippen LogP contribution >= 0.6 is 0 Å². The number of aromatic amines is 1. The first-order chi connectivity index (χ1) is 12.1. The Labute approximate surface area is 142 Å². The molecular weight excluding hydrogens is 321 g/mol. The van der Waals surface area contributed by atoms with Crippen LogP contribution in [0.5, 0.6) is 0 Å². The van der Waals surface area contributed by atoms with Crippen molar-refractivity contribution in [3.05, 3.63) is 53.7 Å². The lowest BCUT2D eigenvalue weighted by Crippen LogP contribution is -2.27. The monoisotopic (exact) mass is 335 g/mol. The number of halogens is 1. The van der Waals surface area contributed by atoms with Gasteiger partial charge in [-0.1, -0.05) is 11.8 Å². The van der Waals surface area contributed by atoms with E-state index in [1.807, 2.05) is 0 Å². The van der Waals surface area contributed by atoms with Crippen LogP contribution in [0.4, 0.5) is 10.1 Å². The van der Waals surface area contributed by atoms with Crippen molar-refractivity contribution in [3.63, 3.8) is 0 Å². The van der Waals surface area contributed by atoms with Crippen LogP contribution in [0.3, 0.4) is 0 Å². The Morgan fingerprint density at radius 2 is 2.16 bits per heavy atom. The fourth-order valence-electron chi connectivity index (χ4n) is 2.44. The molecule has 0 bridgehead atoms. The van der Waals surface area contributed by atoms with Crippen molar-refractivity contribution in [1.29, 1.82) is 5.41 Å². The number of rotatable bonds is 2. The van der Waals surface area contributed by atoms with Gasteiger partial charge in [-0.05, 0) is 37.1 Å². The predicted octanol–water partition coefficient (Wildman–Crippen LogP) is 3.08. The van der Waals surface area contributed by atoms with Gasteiger partial charge in [-0.3, -0.25) is 10.6 Å². The first kappa shape index (κ1) is 15.3. The minimum atomic E-state index is -0.447. The van der Waals surface area contributed by atoms with Crippen LogP contribution in [0, 0.1) is 29.0 Å². The van der Waals surface area contributed by atoms with Crippen LogP contribution < -0.4 is 5.06 Å². The standard InChI is InChI=1S/C18H14FN5O/c19-15-6-5-13(9-12(15)4-3-11-1-2-11)24(25)17(20)14-7-8-21-18-16(14)22-10-23-18/h5-11,20,25H,1-2H2,(H,21,22,23). The predicted molar refractivity (Wildman–Crippen MR) is 91.0 cm³/mol. The highest BCUT2D eigenvalue weighted by atomic mass is 19.1. The smallest absolute Gasteiger partial charge is 0.178 e. The fourth-order valence-corrected chi connectivity index (χ4v) is 2.44. The van der Waals surface area contributed by atoms with Gasteiger partial charge in [0.05, 0.1) is 23.1 Å². The maximum Gasteiger partial charge on any atom is 0.178 e. The number of imidazole rings is 1. The van der Waals surface area contributed by atoms with Crippen molar-refractivity contribution < 1.29 is 9.60 Å². The quantitative estimate of drug-likeness (QED) is 0.291. The minimum absolute atomic E-state index is 0.177. The zero-order valence-corrected chi connectivity index (χ0v) is 13.1. The summed E-state index contributed by atoms with van der Waals surface area (Å²) in [7, 11) is 0. The lowest BCUT2D eigenvalue weighted by atomic mass is 10.1. The molecule has 2 heterocycles. The highest BCUT2D eigenvalue weighted by molar-refractivity contribution is 6.12. The van der Waals surface area contributed by atoms with Gasteiger partial charge >= 0.3 is 0 Å². The van der Waals surface area contributed by atoms with Gasteiger partial charge in [-0.2, -0.15) is 0 Å². The summed E-state index contributed by atoms with van der Waals surface area (Å²) in [5, 5.41) is 19.4. The average molecular weight is 335 g/mol. The van der Waals surface area contributed by atoms with Crippen molar-refractivity contribution in [2.45, 2.75) is 12.8 Å². The van der Waals surface area contributed by atoms with Gasteiger partial charge in [0.25, 0.3) is 0 Å². The molecule has 0 atom stereocenters. The van der Waals surface area contributed by atoms with Crippen molar-refractivity contribution >= 4 is 22.7 Å². The average Bonchev–Trinajstić information content (AvgIpc) is 3.33. The minimum Gasteiger partial charge on any atom is -0.343 e. The normalized spacial score (nSPS) is 13.4. The van der Waals surface area contributed by atoms with Gasteiger partial charge in [-0.15, -0.1) is 0 Å². The largest absolute Gasteiger partial charge is 0.343 e. The molecule has 1 saturated carbocycles. The van der Waals surface area contributed by atoms with Gasteiger partial charge in [0.1, 0.15) is 5.82 Å². The number of amidine groups is 1. The van der Waals surface area contributed by atoms with Crippen LogP contribution in [0.2, 0.25) is 0 Å². The molecule has 0 spiro atoms. The number of pyridine rings is 1. The van der Waals surface area contributed by atoms with Crippen LogP contribution in [0.1, 0.15) is 24.0 Å². The number of anilines is 1. The Morgan fingerprint density at radius 3 is 2.96 bits per heavy atom. The number of hydrogen-bond acceptors (Lipinski definition) is 4. The molecule has 1 fully saturated rings. The van der Waals surface area contributed by atoms with Gasteiger partial charge in [0.15, 0.2) is 11.5 Å². The molecule has 7 heteroatoms. The SMILES string of the molecule is N=C(c1ccnc2nc[nH]c12)N(O)c1ccc(F)c(C#CC2CC2)c1. The van der Waals surface area contributed by atoms with Crippen molar-refractivity contribution in [1.82, 2.24) is 15.0 Å². The third kappa shape index (κ3) is 2.95. The number of benzene rings is 1. The Morgan fingerprint density at radius 1 is 1.32 bits per heavy atom. The Bertz CT molecular complexity index is 1030. The molecule has 6 nitrogen and oxygen atoms in total. The zero-order valence-electron chi connectivity index (χ0n) is 13.1. The number of nitrogens with zero attached hydrogens (tertiary/aromatic N) is 3. The van der Waals surface area contributed by atoms with E-state index in [0.29, 0.717) is 27.7 Å². The number of aromatic nitrogens is 3. The molecule has 0 unspecified atom stereocenters. The van der Waals surface area contributed by atoms with Crippen molar-refractivity contribution in [3.8, 4) is 11.8 Å².